The minimum absolute atomic E-state index is 0.00705. The second kappa shape index (κ2) is 12.3. The van der Waals surface area contributed by atoms with Crippen molar-refractivity contribution in [3.8, 4) is 0 Å². The molecule has 3 aliphatic rings. The second-order valence-electron chi connectivity index (χ2n) is 10.3. The molecule has 0 saturated carbocycles. The number of halogens is 1. The average molecular weight is 561 g/mol. The number of allylic oxidation sites excluding steroid dienone is 1. The predicted octanol–water partition coefficient (Wildman–Crippen LogP) is 4.54. The van der Waals surface area contributed by atoms with Gasteiger partial charge in [0.05, 0.1) is 33.9 Å². The maximum Gasteiger partial charge on any atom is 0.310 e. The SMILES string of the molecule is C=CCCCOC(=O)[C@@H]1[C@@H]2CCC3(S2)C(C(=O)N(CC=C)c2c(C)cccc2Cl)N(CCCCO)C(=O)[C@H]13. The number of anilines is 1. The van der Waals surface area contributed by atoms with Gasteiger partial charge in [0.2, 0.25) is 5.91 Å². The van der Waals surface area contributed by atoms with Gasteiger partial charge in [0.15, 0.2) is 0 Å². The van der Waals surface area contributed by atoms with Gasteiger partial charge in [0, 0.05) is 24.9 Å². The van der Waals surface area contributed by atoms with E-state index in [4.69, 9.17) is 16.3 Å². The van der Waals surface area contributed by atoms with E-state index in [2.05, 4.69) is 13.2 Å². The minimum atomic E-state index is -0.747. The fraction of sp³-hybridized carbons (Fsp3) is 0.552. The highest BCUT2D eigenvalue weighted by Crippen LogP contribution is 2.66. The first kappa shape index (κ1) is 28.7. The molecule has 1 N–H and O–H groups in total. The lowest BCUT2D eigenvalue weighted by atomic mass is 9.71. The summed E-state index contributed by atoms with van der Waals surface area (Å²) in [6.07, 6.45) is 7.39. The fourth-order valence-electron chi connectivity index (χ4n) is 6.36. The van der Waals surface area contributed by atoms with Crippen molar-refractivity contribution >= 4 is 46.8 Å². The number of aliphatic hydroxyl groups is 1. The monoisotopic (exact) mass is 560 g/mol. The van der Waals surface area contributed by atoms with E-state index < -0.39 is 22.6 Å². The third kappa shape index (κ3) is 5.03. The number of thioether (sulfide) groups is 1. The molecule has 5 atom stereocenters. The largest absolute Gasteiger partial charge is 0.465 e. The molecular weight excluding hydrogens is 524 g/mol. The number of hydrogen-bond donors (Lipinski definition) is 1. The molecule has 4 rings (SSSR count). The molecule has 7 nitrogen and oxygen atoms in total. The maximum absolute atomic E-state index is 14.5. The van der Waals surface area contributed by atoms with Crippen LogP contribution in [0.3, 0.4) is 0 Å². The molecule has 2 amide bonds. The van der Waals surface area contributed by atoms with Gasteiger partial charge in [-0.15, -0.1) is 24.9 Å². The molecule has 1 aromatic rings. The van der Waals surface area contributed by atoms with Crippen LogP contribution in [0.1, 0.15) is 44.1 Å². The average Bonchev–Trinajstić information content (AvgIpc) is 3.53. The molecule has 0 aliphatic carbocycles. The summed E-state index contributed by atoms with van der Waals surface area (Å²) in [7, 11) is 0. The molecular formula is C29H37ClN2O5S. The van der Waals surface area contributed by atoms with Crippen LogP contribution in [0, 0.1) is 18.8 Å². The Morgan fingerprint density at radius 1 is 1.29 bits per heavy atom. The van der Waals surface area contributed by atoms with Crippen LogP contribution in [0.25, 0.3) is 0 Å². The van der Waals surface area contributed by atoms with Gasteiger partial charge in [-0.2, -0.15) is 0 Å². The summed E-state index contributed by atoms with van der Waals surface area (Å²) in [6, 6.07) is 4.75. The zero-order valence-corrected chi connectivity index (χ0v) is 23.5. The Labute approximate surface area is 234 Å². The van der Waals surface area contributed by atoms with Crippen LogP contribution < -0.4 is 4.90 Å². The summed E-state index contributed by atoms with van der Waals surface area (Å²) in [4.78, 5) is 45.1. The van der Waals surface area contributed by atoms with Crippen LogP contribution in [0.2, 0.25) is 5.02 Å². The molecule has 3 aliphatic heterocycles. The number of fused-ring (bicyclic) bond motifs is 1. The summed E-state index contributed by atoms with van der Waals surface area (Å²) in [5.74, 6) is -1.91. The Morgan fingerprint density at radius 3 is 2.76 bits per heavy atom. The van der Waals surface area contributed by atoms with Crippen LogP contribution in [-0.4, -0.2) is 70.1 Å². The third-order valence-electron chi connectivity index (χ3n) is 7.95. The number of rotatable bonds is 13. The molecule has 0 aromatic heterocycles. The van der Waals surface area contributed by atoms with Crippen LogP contribution in [-0.2, 0) is 19.1 Å². The van der Waals surface area contributed by atoms with Gasteiger partial charge in [-0.25, -0.2) is 0 Å². The predicted molar refractivity (Wildman–Crippen MR) is 151 cm³/mol. The minimum Gasteiger partial charge on any atom is -0.465 e. The van der Waals surface area contributed by atoms with Crippen LogP contribution in [0.4, 0.5) is 5.69 Å². The van der Waals surface area contributed by atoms with Crippen molar-refractivity contribution in [1.82, 2.24) is 4.90 Å². The lowest BCUT2D eigenvalue weighted by Gasteiger charge is -2.37. The lowest BCUT2D eigenvalue weighted by Crippen LogP contribution is -2.55. The number of unbranched alkanes of at least 4 members (excludes halogenated alkanes) is 2. The molecule has 3 saturated heterocycles. The molecule has 3 heterocycles. The number of benzene rings is 1. The molecule has 206 valence electrons. The Kier molecular flexibility index (Phi) is 9.27. The number of aryl methyl sites for hydroxylation is 1. The topological polar surface area (TPSA) is 87.2 Å². The number of esters is 1. The standard InChI is InChI=1S/C29H37ClN2O5S/c1-4-6-9-18-37-28(36)22-21-13-14-29(38-21)23(22)26(34)32(16-7-8-17-33)25(29)27(35)31(15-5-2)24-19(3)11-10-12-20(24)30/h4-5,10-12,21-23,25,33H,1-2,6-9,13-18H2,3H3/t21-,22+,23-,25?,29?/m0/s1. The van der Waals surface area contributed by atoms with E-state index in [1.165, 1.54) is 0 Å². The Balaban J connectivity index is 1.71. The molecule has 1 spiro atoms. The number of likely N-dealkylation sites (tertiary alicyclic amines) is 1. The van der Waals surface area contributed by atoms with E-state index in [9.17, 15) is 19.5 Å². The third-order valence-corrected chi connectivity index (χ3v) is 10.2. The zero-order chi connectivity index (χ0) is 27.4. The van der Waals surface area contributed by atoms with Gasteiger partial charge in [-0.1, -0.05) is 35.9 Å². The smallest absolute Gasteiger partial charge is 0.310 e. The quantitative estimate of drug-likeness (QED) is 0.216. The first-order chi connectivity index (χ1) is 18.3. The molecule has 3 fully saturated rings. The number of carbonyl (C=O) groups is 3. The summed E-state index contributed by atoms with van der Waals surface area (Å²) in [6.45, 7) is 10.3. The number of aliphatic hydroxyl groups excluding tert-OH is 1. The van der Waals surface area contributed by atoms with Gasteiger partial charge >= 0.3 is 5.97 Å². The number of hydrogen-bond acceptors (Lipinski definition) is 6. The summed E-state index contributed by atoms with van der Waals surface area (Å²) >= 11 is 8.21. The summed E-state index contributed by atoms with van der Waals surface area (Å²) in [5, 5.41) is 9.77. The molecule has 38 heavy (non-hydrogen) atoms. The fourth-order valence-corrected chi connectivity index (χ4v) is 8.89. The van der Waals surface area contributed by atoms with Crippen molar-refractivity contribution in [3.05, 3.63) is 54.1 Å². The van der Waals surface area contributed by atoms with Gasteiger partial charge in [0.1, 0.15) is 6.04 Å². The highest BCUT2D eigenvalue weighted by atomic mass is 35.5. The normalized spacial score (nSPS) is 27.3. The van der Waals surface area contributed by atoms with Crippen molar-refractivity contribution in [3.63, 3.8) is 0 Å². The molecule has 9 heteroatoms. The van der Waals surface area contributed by atoms with Gasteiger partial charge < -0.3 is 19.6 Å². The number of carbonyl (C=O) groups excluding carboxylic acids is 3. The summed E-state index contributed by atoms with van der Waals surface area (Å²) < 4.78 is 4.91. The molecule has 2 unspecified atom stereocenters. The van der Waals surface area contributed by atoms with Gasteiger partial charge in [-0.3, -0.25) is 14.4 Å². The summed E-state index contributed by atoms with van der Waals surface area (Å²) in [5.41, 5.74) is 1.46. The van der Waals surface area contributed by atoms with Crippen molar-refractivity contribution < 1.29 is 24.2 Å². The Bertz CT molecular complexity index is 1080. The highest BCUT2D eigenvalue weighted by Gasteiger charge is 2.74. The van der Waals surface area contributed by atoms with E-state index in [1.54, 1.807) is 39.8 Å². The van der Waals surface area contributed by atoms with Crippen LogP contribution >= 0.6 is 23.4 Å². The number of para-hydroxylation sites is 1. The van der Waals surface area contributed by atoms with Crippen LogP contribution in [0.5, 0.6) is 0 Å². The van der Waals surface area contributed by atoms with E-state index in [1.807, 2.05) is 19.1 Å². The first-order valence-electron chi connectivity index (χ1n) is 13.4. The van der Waals surface area contributed by atoms with E-state index >= 15 is 0 Å². The van der Waals surface area contributed by atoms with Crippen LogP contribution in [0.15, 0.2) is 43.5 Å². The molecule has 0 radical (unpaired) electrons. The van der Waals surface area contributed by atoms with Crippen molar-refractivity contribution in [2.45, 2.75) is 61.5 Å². The van der Waals surface area contributed by atoms with Crippen molar-refractivity contribution in [2.75, 3.05) is 31.2 Å². The first-order valence-corrected chi connectivity index (χ1v) is 14.6. The van der Waals surface area contributed by atoms with Crippen molar-refractivity contribution in [1.29, 1.82) is 0 Å². The van der Waals surface area contributed by atoms with E-state index in [0.29, 0.717) is 42.9 Å². The number of nitrogens with zero attached hydrogens (tertiary/aromatic N) is 2. The molecule has 1 aromatic carbocycles. The van der Waals surface area contributed by atoms with Crippen molar-refractivity contribution in [2.24, 2.45) is 11.8 Å². The number of amides is 2. The Morgan fingerprint density at radius 2 is 2.08 bits per heavy atom. The maximum atomic E-state index is 14.5. The van der Waals surface area contributed by atoms with Gasteiger partial charge in [0.25, 0.3) is 5.91 Å². The zero-order valence-electron chi connectivity index (χ0n) is 21.9. The molecule has 2 bridgehead atoms. The van der Waals surface area contributed by atoms with E-state index in [-0.39, 0.29) is 42.8 Å². The number of ether oxygens (including phenoxy) is 1. The second-order valence-corrected chi connectivity index (χ2v) is 12.3. The van der Waals surface area contributed by atoms with Gasteiger partial charge in [-0.05, 0) is 57.1 Å². The lowest BCUT2D eigenvalue weighted by molar-refractivity contribution is -0.154. The van der Waals surface area contributed by atoms with E-state index in [0.717, 1.165) is 18.4 Å². The highest BCUT2D eigenvalue weighted by molar-refractivity contribution is 8.02. The Hall–Kier alpha value is -2.29.